The topological polar surface area (TPSA) is 82.4 Å². The lowest BCUT2D eigenvalue weighted by atomic mass is 9.96. The van der Waals surface area contributed by atoms with Crippen molar-refractivity contribution in [1.82, 2.24) is 24.9 Å². The number of hydrogen-bond donors (Lipinski definition) is 2. The largest absolute Gasteiger partial charge is 0.367 e. The van der Waals surface area contributed by atoms with Crippen LogP contribution in [0.5, 0.6) is 0 Å². The molecule has 0 radical (unpaired) electrons. The fraction of sp³-hybridized carbons (Fsp3) is 0.682. The van der Waals surface area contributed by atoms with Gasteiger partial charge in [-0.05, 0) is 45.8 Å². The Kier molecular flexibility index (Phi) is 7.17. The molecule has 1 saturated heterocycles. The first-order valence-corrected chi connectivity index (χ1v) is 11.4. The van der Waals surface area contributed by atoms with Crippen LogP contribution in [0.25, 0.3) is 11.3 Å². The van der Waals surface area contributed by atoms with E-state index in [1.807, 2.05) is 19.2 Å². The molecule has 1 aliphatic carbocycles. The Hall–Kier alpha value is -2.19. The van der Waals surface area contributed by atoms with Gasteiger partial charge in [0, 0.05) is 45.0 Å². The van der Waals surface area contributed by atoms with Crippen molar-refractivity contribution in [3.05, 3.63) is 18.0 Å². The normalized spacial score (nSPS) is 19.1. The first-order chi connectivity index (χ1) is 14.7. The van der Waals surface area contributed by atoms with Gasteiger partial charge in [0.05, 0.1) is 11.3 Å². The van der Waals surface area contributed by atoms with Crippen LogP contribution in [-0.4, -0.2) is 77.3 Å². The molecule has 0 spiro atoms. The molecule has 0 unspecified atom stereocenters. The number of nitrogens with one attached hydrogen (secondary N) is 2. The van der Waals surface area contributed by atoms with Crippen LogP contribution in [0.4, 0.5) is 11.8 Å². The van der Waals surface area contributed by atoms with Gasteiger partial charge in [0.2, 0.25) is 5.95 Å². The van der Waals surface area contributed by atoms with Gasteiger partial charge in [-0.1, -0.05) is 24.4 Å². The average molecular weight is 414 g/mol. The van der Waals surface area contributed by atoms with Crippen LogP contribution < -0.4 is 10.6 Å². The molecule has 4 rings (SSSR count). The Bertz CT molecular complexity index is 795. The molecule has 0 amide bonds. The van der Waals surface area contributed by atoms with Gasteiger partial charge in [-0.3, -0.25) is 0 Å². The summed E-state index contributed by atoms with van der Waals surface area (Å²) in [5, 5.41) is 11.2. The Morgan fingerprint density at radius 2 is 1.93 bits per heavy atom. The molecule has 1 saturated carbocycles. The Morgan fingerprint density at radius 3 is 2.73 bits per heavy atom. The van der Waals surface area contributed by atoms with Gasteiger partial charge in [0.1, 0.15) is 5.76 Å². The third-order valence-electron chi connectivity index (χ3n) is 6.25. The van der Waals surface area contributed by atoms with Crippen molar-refractivity contribution in [1.29, 1.82) is 0 Å². The van der Waals surface area contributed by atoms with E-state index in [2.05, 4.69) is 37.6 Å². The highest BCUT2D eigenvalue weighted by molar-refractivity contribution is 5.74. The molecular formula is C22H35N7O. The lowest BCUT2D eigenvalue weighted by molar-refractivity contribution is 0.154. The fourth-order valence-electron chi connectivity index (χ4n) is 4.37. The van der Waals surface area contributed by atoms with Crippen molar-refractivity contribution < 1.29 is 4.52 Å². The predicted molar refractivity (Wildman–Crippen MR) is 120 cm³/mol. The number of likely N-dealkylation sites (N-methyl/N-ethyl adjacent to an activating group) is 1. The Balaban J connectivity index is 1.34. The van der Waals surface area contributed by atoms with E-state index in [1.165, 1.54) is 32.1 Å². The molecule has 2 aromatic heterocycles. The number of piperazine rings is 1. The van der Waals surface area contributed by atoms with E-state index < -0.39 is 0 Å². The van der Waals surface area contributed by atoms with E-state index in [0.29, 0.717) is 12.0 Å². The molecule has 8 nitrogen and oxygen atoms in total. The van der Waals surface area contributed by atoms with Gasteiger partial charge in [0.25, 0.3) is 0 Å². The lowest BCUT2D eigenvalue weighted by Gasteiger charge is -2.32. The molecule has 2 fully saturated rings. The third kappa shape index (κ3) is 5.49. The van der Waals surface area contributed by atoms with Gasteiger partial charge >= 0.3 is 0 Å². The number of anilines is 2. The summed E-state index contributed by atoms with van der Waals surface area (Å²) < 4.78 is 5.49. The summed E-state index contributed by atoms with van der Waals surface area (Å²) >= 11 is 0. The number of nitrogens with zero attached hydrogens (tertiary/aromatic N) is 5. The number of aryl methyl sites for hydroxylation is 1. The standard InChI is InChI=1S/C22H35N7O/c1-17-20(19-9-11-24-22(26-19)25-18-7-4-3-5-8-18)21(27-30-17)23-10-6-12-29-15-13-28(2)14-16-29/h9,11,18H,3-8,10,12-16H2,1-2H3,(H,23,27)(H,24,25,26). The second-order valence-corrected chi connectivity index (χ2v) is 8.63. The predicted octanol–water partition coefficient (Wildman–Crippen LogP) is 3.23. The van der Waals surface area contributed by atoms with Crippen LogP contribution in [0.15, 0.2) is 16.8 Å². The second-order valence-electron chi connectivity index (χ2n) is 8.63. The van der Waals surface area contributed by atoms with Gasteiger partial charge in [-0.25, -0.2) is 9.97 Å². The molecule has 0 aromatic carbocycles. The maximum atomic E-state index is 5.49. The van der Waals surface area contributed by atoms with Crippen LogP contribution in [0, 0.1) is 6.92 Å². The minimum atomic E-state index is 0.477. The Labute approximate surface area is 179 Å². The van der Waals surface area contributed by atoms with Crippen molar-refractivity contribution in [3.8, 4) is 11.3 Å². The average Bonchev–Trinajstić information content (AvgIpc) is 3.14. The highest BCUT2D eigenvalue weighted by Gasteiger charge is 2.19. The summed E-state index contributed by atoms with van der Waals surface area (Å²) in [5.74, 6) is 2.24. The molecule has 2 aliphatic rings. The van der Waals surface area contributed by atoms with Crippen molar-refractivity contribution >= 4 is 11.8 Å². The van der Waals surface area contributed by atoms with Gasteiger partial charge in [0.15, 0.2) is 5.82 Å². The van der Waals surface area contributed by atoms with Gasteiger partial charge < -0.3 is 25.0 Å². The zero-order valence-corrected chi connectivity index (χ0v) is 18.4. The molecule has 2 N–H and O–H groups in total. The van der Waals surface area contributed by atoms with Crippen molar-refractivity contribution in [2.24, 2.45) is 0 Å². The molecule has 8 heteroatoms. The summed E-state index contributed by atoms with van der Waals surface area (Å²) in [6, 6.07) is 2.41. The smallest absolute Gasteiger partial charge is 0.223 e. The van der Waals surface area contributed by atoms with Crippen LogP contribution >= 0.6 is 0 Å². The zero-order chi connectivity index (χ0) is 20.8. The second kappa shape index (κ2) is 10.2. The fourth-order valence-corrected chi connectivity index (χ4v) is 4.37. The van der Waals surface area contributed by atoms with E-state index >= 15 is 0 Å². The molecule has 30 heavy (non-hydrogen) atoms. The summed E-state index contributed by atoms with van der Waals surface area (Å²) in [6.45, 7) is 8.54. The molecule has 0 atom stereocenters. The zero-order valence-electron chi connectivity index (χ0n) is 18.4. The lowest BCUT2D eigenvalue weighted by Crippen LogP contribution is -2.44. The highest BCUT2D eigenvalue weighted by Crippen LogP contribution is 2.30. The van der Waals surface area contributed by atoms with E-state index in [-0.39, 0.29) is 0 Å². The minimum absolute atomic E-state index is 0.477. The number of aromatic nitrogens is 3. The van der Waals surface area contributed by atoms with Crippen molar-refractivity contribution in [2.45, 2.75) is 51.5 Å². The highest BCUT2D eigenvalue weighted by atomic mass is 16.5. The first kappa shape index (κ1) is 21.1. The maximum absolute atomic E-state index is 5.49. The molecule has 1 aliphatic heterocycles. The van der Waals surface area contributed by atoms with E-state index in [4.69, 9.17) is 9.51 Å². The molecule has 3 heterocycles. The molecule has 164 valence electrons. The van der Waals surface area contributed by atoms with Crippen molar-refractivity contribution in [3.63, 3.8) is 0 Å². The van der Waals surface area contributed by atoms with Crippen LogP contribution in [-0.2, 0) is 0 Å². The van der Waals surface area contributed by atoms with E-state index in [0.717, 1.165) is 68.5 Å². The third-order valence-corrected chi connectivity index (χ3v) is 6.25. The number of hydrogen-bond acceptors (Lipinski definition) is 8. The summed E-state index contributed by atoms with van der Waals surface area (Å²) in [5.41, 5.74) is 1.78. The molecular weight excluding hydrogens is 378 g/mol. The van der Waals surface area contributed by atoms with Crippen molar-refractivity contribution in [2.75, 3.05) is 56.9 Å². The SMILES string of the molecule is Cc1onc(NCCCN2CCN(C)CC2)c1-c1ccnc(NC2CCCCC2)n1. The summed E-state index contributed by atoms with van der Waals surface area (Å²) in [7, 11) is 2.19. The molecule has 0 bridgehead atoms. The summed E-state index contributed by atoms with van der Waals surface area (Å²) in [6.07, 6.45) is 9.18. The van der Waals surface area contributed by atoms with Crippen LogP contribution in [0.2, 0.25) is 0 Å². The van der Waals surface area contributed by atoms with Gasteiger partial charge in [-0.2, -0.15) is 0 Å². The quantitative estimate of drug-likeness (QED) is 0.639. The molecule has 2 aromatic rings. The number of rotatable bonds is 8. The maximum Gasteiger partial charge on any atom is 0.223 e. The Morgan fingerprint density at radius 1 is 1.13 bits per heavy atom. The summed E-state index contributed by atoms with van der Waals surface area (Å²) in [4.78, 5) is 14.1. The minimum Gasteiger partial charge on any atom is -0.367 e. The van der Waals surface area contributed by atoms with Crippen LogP contribution in [0.1, 0.15) is 44.3 Å². The first-order valence-electron chi connectivity index (χ1n) is 11.4. The monoisotopic (exact) mass is 413 g/mol. The van der Waals surface area contributed by atoms with Gasteiger partial charge in [-0.15, -0.1) is 0 Å². The van der Waals surface area contributed by atoms with Crippen LogP contribution in [0.3, 0.4) is 0 Å². The van der Waals surface area contributed by atoms with E-state index in [9.17, 15) is 0 Å². The van der Waals surface area contributed by atoms with E-state index in [1.54, 1.807) is 0 Å².